The Bertz CT molecular complexity index is 1090. The van der Waals surface area contributed by atoms with E-state index in [0.717, 1.165) is 50.9 Å². The number of rotatable bonds is 7. The van der Waals surface area contributed by atoms with E-state index < -0.39 is 11.7 Å². The fourth-order valence-corrected chi connectivity index (χ4v) is 5.12. The van der Waals surface area contributed by atoms with Crippen molar-refractivity contribution in [3.05, 3.63) is 30.1 Å². The number of fused-ring (bicyclic) bond motifs is 1. The Morgan fingerprint density at radius 3 is 2.47 bits per heavy atom. The highest BCUT2D eigenvalue weighted by atomic mass is 19.4. The predicted octanol–water partition coefficient (Wildman–Crippen LogP) is 3.29. The Kier molecular flexibility index (Phi) is 7.67. The fraction of sp³-hybridized carbons (Fsp3) is 0.600. The van der Waals surface area contributed by atoms with Crippen LogP contribution in [0.15, 0.2) is 24.5 Å². The lowest BCUT2D eigenvalue weighted by molar-refractivity contribution is -0.137. The number of carbonyl (C=O) groups excluding carboxylic acids is 2. The molecule has 36 heavy (non-hydrogen) atoms. The summed E-state index contributed by atoms with van der Waals surface area (Å²) in [7, 11) is 1.90. The van der Waals surface area contributed by atoms with Crippen LogP contribution in [0.5, 0.6) is 0 Å². The molecule has 0 bridgehead atoms. The van der Waals surface area contributed by atoms with Crippen molar-refractivity contribution in [2.45, 2.75) is 63.8 Å². The van der Waals surface area contributed by atoms with Crippen molar-refractivity contribution in [3.8, 4) is 0 Å². The molecule has 4 rings (SSSR count). The number of anilines is 1. The van der Waals surface area contributed by atoms with Crippen LogP contribution in [0.3, 0.4) is 0 Å². The number of carbonyl (C=O) groups is 2. The summed E-state index contributed by atoms with van der Waals surface area (Å²) in [5.74, 6) is 0.145. The lowest BCUT2D eigenvalue weighted by atomic mass is 9.87. The number of likely N-dealkylation sites (tertiary alicyclic amines) is 1. The molecule has 2 amide bonds. The van der Waals surface area contributed by atoms with Gasteiger partial charge in [0.2, 0.25) is 11.8 Å². The molecule has 196 valence electrons. The first-order chi connectivity index (χ1) is 17.0. The molecule has 8 nitrogen and oxygen atoms in total. The van der Waals surface area contributed by atoms with Crippen LogP contribution in [0.2, 0.25) is 0 Å². The molecule has 0 atom stereocenters. The lowest BCUT2D eigenvalue weighted by Crippen LogP contribution is -2.63. The van der Waals surface area contributed by atoms with Gasteiger partial charge in [0.1, 0.15) is 12.1 Å². The van der Waals surface area contributed by atoms with Crippen molar-refractivity contribution < 1.29 is 22.8 Å². The summed E-state index contributed by atoms with van der Waals surface area (Å²) in [5.41, 5.74) is -0.427. The summed E-state index contributed by atoms with van der Waals surface area (Å²) in [6.45, 7) is 5.29. The van der Waals surface area contributed by atoms with E-state index in [1.807, 2.05) is 25.8 Å². The molecule has 1 aliphatic carbocycles. The van der Waals surface area contributed by atoms with Crippen LogP contribution in [0, 0.1) is 5.92 Å². The average Bonchev–Trinajstić information content (AvgIpc) is 2.82. The number of aromatic nitrogens is 2. The van der Waals surface area contributed by atoms with Gasteiger partial charge in [-0.1, -0.05) is 13.8 Å². The monoisotopic (exact) mass is 506 g/mol. The summed E-state index contributed by atoms with van der Waals surface area (Å²) < 4.78 is 39.3. The van der Waals surface area contributed by atoms with Gasteiger partial charge < -0.3 is 15.5 Å². The van der Waals surface area contributed by atoms with E-state index in [2.05, 4.69) is 25.5 Å². The molecule has 2 heterocycles. The van der Waals surface area contributed by atoms with E-state index in [9.17, 15) is 22.8 Å². The second-order valence-corrected chi connectivity index (χ2v) is 10.1. The van der Waals surface area contributed by atoms with Crippen LogP contribution in [0.25, 0.3) is 10.9 Å². The smallest absolute Gasteiger partial charge is 0.360 e. The van der Waals surface area contributed by atoms with Gasteiger partial charge in [0.15, 0.2) is 0 Å². The summed E-state index contributed by atoms with van der Waals surface area (Å²) in [6.07, 6.45) is 0.812. The molecule has 2 N–H and O–H groups in total. The van der Waals surface area contributed by atoms with Gasteiger partial charge >= 0.3 is 6.18 Å². The molecule has 2 fully saturated rings. The SMILES string of the molecule is CC(C)C(=O)N(C)[C@H]1CC[C@@H](N2CC(NC(=O)CNc3ncnc4ccc(C(F)(F)F)cc34)C2)CC1. The maximum absolute atomic E-state index is 13.1. The first kappa shape index (κ1) is 26.1. The molecule has 11 heteroatoms. The highest BCUT2D eigenvalue weighted by molar-refractivity contribution is 5.91. The number of hydrogen-bond donors (Lipinski definition) is 2. The predicted molar refractivity (Wildman–Crippen MR) is 130 cm³/mol. The summed E-state index contributed by atoms with van der Waals surface area (Å²) in [4.78, 5) is 37.0. The number of halogens is 3. The molecule has 1 saturated carbocycles. The van der Waals surface area contributed by atoms with Gasteiger partial charge in [-0.2, -0.15) is 13.2 Å². The van der Waals surface area contributed by atoms with Gasteiger partial charge in [0.25, 0.3) is 0 Å². The Morgan fingerprint density at radius 2 is 1.83 bits per heavy atom. The molecule has 0 unspecified atom stereocenters. The third kappa shape index (κ3) is 5.88. The lowest BCUT2D eigenvalue weighted by Gasteiger charge is -2.47. The standard InChI is InChI=1S/C25H33F3N6O2/c1-15(2)24(36)33(3)18-5-7-19(8-6-18)34-12-17(13-34)32-22(35)11-29-23-20-10-16(25(26,27)28)4-9-21(20)30-14-31-23/h4,9-10,14-15,17-19H,5-8,11-13H2,1-3H3,(H,32,35)(H,29,30,31)/t18-,19+. The third-order valence-electron chi connectivity index (χ3n) is 7.23. The van der Waals surface area contributed by atoms with Crippen LogP contribution in [-0.4, -0.2) is 76.4 Å². The summed E-state index contributed by atoms with van der Waals surface area (Å²) in [5, 5.41) is 6.04. The minimum absolute atomic E-state index is 0.00684. The van der Waals surface area contributed by atoms with Crippen molar-refractivity contribution >= 4 is 28.5 Å². The third-order valence-corrected chi connectivity index (χ3v) is 7.23. The van der Waals surface area contributed by atoms with Gasteiger partial charge in [-0.05, 0) is 43.9 Å². The van der Waals surface area contributed by atoms with E-state index in [-0.39, 0.29) is 41.5 Å². The van der Waals surface area contributed by atoms with E-state index in [1.165, 1.54) is 12.4 Å². The second-order valence-electron chi connectivity index (χ2n) is 10.1. The largest absolute Gasteiger partial charge is 0.416 e. The van der Waals surface area contributed by atoms with Gasteiger partial charge in [-0.3, -0.25) is 14.5 Å². The van der Waals surface area contributed by atoms with Crippen molar-refractivity contribution in [3.63, 3.8) is 0 Å². The molecule has 1 saturated heterocycles. The number of nitrogens with zero attached hydrogens (tertiary/aromatic N) is 4. The summed E-state index contributed by atoms with van der Waals surface area (Å²) in [6, 6.07) is 4.06. The molecule has 0 radical (unpaired) electrons. The first-order valence-corrected chi connectivity index (χ1v) is 12.4. The zero-order valence-electron chi connectivity index (χ0n) is 20.8. The van der Waals surface area contributed by atoms with Gasteiger partial charge in [0.05, 0.1) is 23.7 Å². The van der Waals surface area contributed by atoms with Crippen LogP contribution in [0.4, 0.5) is 19.0 Å². The number of amides is 2. The Labute approximate surface area is 208 Å². The Morgan fingerprint density at radius 1 is 1.14 bits per heavy atom. The first-order valence-electron chi connectivity index (χ1n) is 12.4. The normalized spacial score (nSPS) is 21.3. The maximum atomic E-state index is 13.1. The van der Waals surface area contributed by atoms with Gasteiger partial charge in [-0.15, -0.1) is 0 Å². The minimum Gasteiger partial charge on any atom is -0.360 e. The molecule has 0 spiro atoms. The van der Waals surface area contributed by atoms with E-state index in [4.69, 9.17) is 0 Å². The molecule has 1 aromatic heterocycles. The Balaban J connectivity index is 1.22. The molecule has 1 aliphatic heterocycles. The Hall–Kier alpha value is -2.95. The van der Waals surface area contributed by atoms with E-state index in [0.29, 0.717) is 17.6 Å². The van der Waals surface area contributed by atoms with Crippen molar-refractivity contribution in [1.29, 1.82) is 0 Å². The van der Waals surface area contributed by atoms with Crippen LogP contribution >= 0.6 is 0 Å². The van der Waals surface area contributed by atoms with Gasteiger partial charge in [0, 0.05) is 43.5 Å². The fourth-order valence-electron chi connectivity index (χ4n) is 5.12. The van der Waals surface area contributed by atoms with Crippen LogP contribution in [0.1, 0.15) is 45.1 Å². The number of nitrogens with one attached hydrogen (secondary N) is 2. The number of hydrogen-bond acceptors (Lipinski definition) is 6. The van der Waals surface area contributed by atoms with E-state index >= 15 is 0 Å². The highest BCUT2D eigenvalue weighted by Gasteiger charge is 2.36. The second kappa shape index (κ2) is 10.6. The molecule has 2 aliphatic rings. The quantitative estimate of drug-likeness (QED) is 0.599. The topological polar surface area (TPSA) is 90.5 Å². The minimum atomic E-state index is -4.48. The van der Waals surface area contributed by atoms with Crippen molar-refractivity contribution in [1.82, 2.24) is 25.1 Å². The molecule has 2 aromatic rings. The van der Waals surface area contributed by atoms with Crippen molar-refractivity contribution in [2.24, 2.45) is 5.92 Å². The van der Waals surface area contributed by atoms with Gasteiger partial charge in [-0.25, -0.2) is 9.97 Å². The maximum Gasteiger partial charge on any atom is 0.416 e. The zero-order valence-corrected chi connectivity index (χ0v) is 20.8. The zero-order chi connectivity index (χ0) is 26.0. The van der Waals surface area contributed by atoms with Crippen LogP contribution in [-0.2, 0) is 15.8 Å². The van der Waals surface area contributed by atoms with Crippen LogP contribution < -0.4 is 10.6 Å². The summed E-state index contributed by atoms with van der Waals surface area (Å²) >= 11 is 0. The number of alkyl halides is 3. The molecular formula is C25H33F3N6O2. The molecule has 1 aromatic carbocycles. The highest BCUT2D eigenvalue weighted by Crippen LogP contribution is 2.32. The van der Waals surface area contributed by atoms with E-state index in [1.54, 1.807) is 0 Å². The molecular weight excluding hydrogens is 473 g/mol. The number of benzene rings is 1. The average molecular weight is 507 g/mol. The van der Waals surface area contributed by atoms with Crippen molar-refractivity contribution in [2.75, 3.05) is 32.0 Å².